The van der Waals surface area contributed by atoms with Gasteiger partial charge in [0, 0.05) is 6.42 Å². The average Bonchev–Trinajstić information content (AvgIpc) is 2.66. The first-order valence-electron chi connectivity index (χ1n) is 7.20. The first-order chi connectivity index (χ1) is 9.77. The molecule has 4 heteroatoms. The van der Waals surface area contributed by atoms with Crippen LogP contribution in [0.25, 0.3) is 0 Å². The van der Waals surface area contributed by atoms with Gasteiger partial charge in [-0.05, 0) is 45.4 Å². The second-order valence-electron chi connectivity index (χ2n) is 6.21. The Morgan fingerprint density at radius 1 is 1.29 bits per heavy atom. The van der Waals surface area contributed by atoms with Crippen LogP contribution in [-0.2, 0) is 15.9 Å². The second kappa shape index (κ2) is 6.26. The van der Waals surface area contributed by atoms with Gasteiger partial charge in [0.1, 0.15) is 18.0 Å². The minimum absolute atomic E-state index is 0.277. The van der Waals surface area contributed by atoms with Gasteiger partial charge in [-0.15, -0.1) is 0 Å². The summed E-state index contributed by atoms with van der Waals surface area (Å²) in [4.78, 5) is 0. The van der Waals surface area contributed by atoms with E-state index in [4.69, 9.17) is 9.47 Å². The third-order valence-corrected chi connectivity index (χ3v) is 3.40. The molecule has 0 radical (unpaired) electrons. The summed E-state index contributed by atoms with van der Waals surface area (Å²) >= 11 is 0. The summed E-state index contributed by atoms with van der Waals surface area (Å²) in [5, 5.41) is 10.5. The van der Waals surface area contributed by atoms with Gasteiger partial charge >= 0.3 is 0 Å². The Morgan fingerprint density at radius 2 is 1.90 bits per heavy atom. The predicted molar refractivity (Wildman–Crippen MR) is 79.4 cm³/mol. The van der Waals surface area contributed by atoms with Crippen LogP contribution in [0.2, 0.25) is 0 Å². The minimum atomic E-state index is -0.717. The van der Waals surface area contributed by atoms with Gasteiger partial charge in [-0.1, -0.05) is 23.8 Å². The zero-order chi connectivity index (χ0) is 15.6. The maximum atomic E-state index is 12.9. The van der Waals surface area contributed by atoms with E-state index in [2.05, 4.69) is 0 Å². The van der Waals surface area contributed by atoms with Crippen molar-refractivity contribution in [2.24, 2.45) is 0 Å². The molecular formula is C17H23FO3. The Hall–Kier alpha value is -1.23. The lowest BCUT2D eigenvalue weighted by atomic mass is 9.99. The van der Waals surface area contributed by atoms with Gasteiger partial charge in [0.25, 0.3) is 0 Å². The van der Waals surface area contributed by atoms with E-state index in [1.54, 1.807) is 12.1 Å². The van der Waals surface area contributed by atoms with E-state index in [0.717, 1.165) is 11.1 Å². The SMILES string of the molecule is CC(C)=C[C@@H]1OC(C)(C)O[C@@H]1[C@H](O)Cc1ccc(F)cc1. The molecule has 0 spiro atoms. The molecule has 0 aliphatic carbocycles. The molecule has 1 aliphatic heterocycles. The normalized spacial score (nSPS) is 25.6. The molecule has 1 fully saturated rings. The fourth-order valence-corrected chi connectivity index (χ4v) is 2.55. The van der Waals surface area contributed by atoms with Crippen molar-refractivity contribution < 1.29 is 19.0 Å². The van der Waals surface area contributed by atoms with Crippen LogP contribution in [0.15, 0.2) is 35.9 Å². The van der Waals surface area contributed by atoms with E-state index in [1.807, 2.05) is 33.8 Å². The van der Waals surface area contributed by atoms with Gasteiger partial charge in [0.2, 0.25) is 0 Å². The summed E-state index contributed by atoms with van der Waals surface area (Å²) in [6.07, 6.45) is 0.948. The molecule has 21 heavy (non-hydrogen) atoms. The Bertz CT molecular complexity index is 503. The van der Waals surface area contributed by atoms with Crippen molar-refractivity contribution in [3.05, 3.63) is 47.3 Å². The summed E-state index contributed by atoms with van der Waals surface area (Å²) in [7, 11) is 0. The van der Waals surface area contributed by atoms with Crippen LogP contribution in [0.1, 0.15) is 33.3 Å². The third kappa shape index (κ3) is 4.37. The summed E-state index contributed by atoms with van der Waals surface area (Å²) < 4.78 is 24.6. The van der Waals surface area contributed by atoms with Gasteiger partial charge in [-0.3, -0.25) is 0 Å². The summed E-state index contributed by atoms with van der Waals surface area (Å²) in [5.74, 6) is -0.998. The van der Waals surface area contributed by atoms with Gasteiger partial charge in [-0.2, -0.15) is 0 Å². The smallest absolute Gasteiger partial charge is 0.164 e. The largest absolute Gasteiger partial charge is 0.390 e. The van der Waals surface area contributed by atoms with Crippen molar-refractivity contribution >= 4 is 0 Å². The van der Waals surface area contributed by atoms with Gasteiger partial charge in [-0.25, -0.2) is 4.39 Å². The van der Waals surface area contributed by atoms with Crippen LogP contribution in [0.4, 0.5) is 4.39 Å². The number of halogens is 1. The lowest BCUT2D eigenvalue weighted by Crippen LogP contribution is -2.36. The maximum absolute atomic E-state index is 12.9. The van der Waals surface area contributed by atoms with Gasteiger partial charge in [0.15, 0.2) is 5.79 Å². The molecule has 0 aromatic heterocycles. The van der Waals surface area contributed by atoms with Crippen molar-refractivity contribution in [1.82, 2.24) is 0 Å². The van der Waals surface area contributed by atoms with Crippen molar-refractivity contribution in [2.75, 3.05) is 0 Å². The van der Waals surface area contributed by atoms with Gasteiger partial charge < -0.3 is 14.6 Å². The average molecular weight is 294 g/mol. The van der Waals surface area contributed by atoms with Crippen LogP contribution in [0.5, 0.6) is 0 Å². The Labute approximate surface area is 125 Å². The van der Waals surface area contributed by atoms with Crippen molar-refractivity contribution in [3.63, 3.8) is 0 Å². The minimum Gasteiger partial charge on any atom is -0.390 e. The first kappa shape index (κ1) is 16.1. The quantitative estimate of drug-likeness (QED) is 0.867. The zero-order valence-corrected chi connectivity index (χ0v) is 13.0. The highest BCUT2D eigenvalue weighted by Gasteiger charge is 2.43. The van der Waals surface area contributed by atoms with E-state index in [-0.39, 0.29) is 11.9 Å². The Balaban J connectivity index is 2.10. The van der Waals surface area contributed by atoms with E-state index < -0.39 is 18.0 Å². The molecule has 1 N–H and O–H groups in total. The molecule has 116 valence electrons. The Kier molecular flexibility index (Phi) is 4.81. The molecule has 3 nitrogen and oxygen atoms in total. The Morgan fingerprint density at radius 3 is 2.48 bits per heavy atom. The number of allylic oxidation sites excluding steroid dienone is 1. The van der Waals surface area contributed by atoms with Crippen molar-refractivity contribution in [1.29, 1.82) is 0 Å². The summed E-state index contributed by atoms with van der Waals surface area (Å²) in [5.41, 5.74) is 1.98. The van der Waals surface area contributed by atoms with Crippen LogP contribution in [0.3, 0.4) is 0 Å². The molecule has 1 saturated heterocycles. The molecule has 1 aromatic rings. The molecule has 1 aliphatic rings. The summed E-state index contributed by atoms with van der Waals surface area (Å²) in [6, 6.07) is 6.14. The van der Waals surface area contributed by atoms with E-state index in [9.17, 15) is 9.50 Å². The number of hydrogen-bond donors (Lipinski definition) is 1. The highest BCUT2D eigenvalue weighted by atomic mass is 19.1. The van der Waals surface area contributed by atoms with Crippen LogP contribution < -0.4 is 0 Å². The van der Waals surface area contributed by atoms with Crippen molar-refractivity contribution in [3.8, 4) is 0 Å². The summed E-state index contributed by atoms with van der Waals surface area (Å²) in [6.45, 7) is 7.64. The number of aliphatic hydroxyl groups is 1. The first-order valence-corrected chi connectivity index (χ1v) is 7.20. The molecule has 1 heterocycles. The van der Waals surface area contributed by atoms with Crippen LogP contribution >= 0.6 is 0 Å². The molecule has 0 amide bonds. The molecule has 0 unspecified atom stereocenters. The van der Waals surface area contributed by atoms with Crippen LogP contribution in [0, 0.1) is 5.82 Å². The van der Waals surface area contributed by atoms with E-state index >= 15 is 0 Å². The molecule has 0 bridgehead atoms. The van der Waals surface area contributed by atoms with Crippen molar-refractivity contribution in [2.45, 2.75) is 58.2 Å². The lowest BCUT2D eigenvalue weighted by Gasteiger charge is -2.21. The number of rotatable bonds is 4. The van der Waals surface area contributed by atoms with E-state index in [0.29, 0.717) is 6.42 Å². The second-order valence-corrected chi connectivity index (χ2v) is 6.21. The van der Waals surface area contributed by atoms with E-state index in [1.165, 1.54) is 12.1 Å². The molecule has 1 aromatic carbocycles. The maximum Gasteiger partial charge on any atom is 0.164 e. The third-order valence-electron chi connectivity index (χ3n) is 3.40. The number of benzene rings is 1. The highest BCUT2D eigenvalue weighted by molar-refractivity contribution is 5.18. The topological polar surface area (TPSA) is 38.7 Å². The zero-order valence-electron chi connectivity index (χ0n) is 13.0. The molecule has 2 rings (SSSR count). The molecule has 3 atom stereocenters. The number of hydrogen-bond acceptors (Lipinski definition) is 3. The monoisotopic (exact) mass is 294 g/mol. The molecular weight excluding hydrogens is 271 g/mol. The standard InChI is InChI=1S/C17H23FO3/c1-11(2)9-15-16(21-17(3,4)20-15)14(19)10-12-5-7-13(18)8-6-12/h5-9,14-16,19H,10H2,1-4H3/t14-,15+,16-/m1/s1. The fraction of sp³-hybridized carbons (Fsp3) is 0.529. The fourth-order valence-electron chi connectivity index (χ4n) is 2.55. The lowest BCUT2D eigenvalue weighted by molar-refractivity contribution is -0.153. The number of ether oxygens (including phenoxy) is 2. The van der Waals surface area contributed by atoms with Crippen LogP contribution in [-0.4, -0.2) is 29.2 Å². The molecule has 0 saturated carbocycles. The highest BCUT2D eigenvalue weighted by Crippen LogP contribution is 2.32. The number of aliphatic hydroxyl groups excluding tert-OH is 1. The predicted octanol–water partition coefficient (Wildman–Crippen LogP) is 3.22. The van der Waals surface area contributed by atoms with Gasteiger partial charge in [0.05, 0.1) is 6.10 Å².